The normalized spacial score (nSPS) is 13.2. The average molecular weight is 737 g/mol. The van der Waals surface area contributed by atoms with Crippen molar-refractivity contribution < 1.29 is 0 Å². The third-order valence-corrected chi connectivity index (χ3v) is 12.1. The lowest BCUT2D eigenvalue weighted by molar-refractivity contribution is 0.569. The molecule has 2 aromatic heterocycles. The average Bonchev–Trinajstić information content (AvgIpc) is 3.65. The summed E-state index contributed by atoms with van der Waals surface area (Å²) in [5.74, 6) is 0. The molecule has 0 spiro atoms. The summed E-state index contributed by atoms with van der Waals surface area (Å²) in [5, 5.41) is 5.30. The third-order valence-electron chi connectivity index (χ3n) is 12.1. The van der Waals surface area contributed by atoms with Crippen LogP contribution in [0.3, 0.4) is 0 Å². The van der Waals surface area contributed by atoms with Gasteiger partial charge in [0, 0.05) is 27.2 Å². The van der Waals surface area contributed by atoms with Gasteiger partial charge in [-0.15, -0.1) is 0 Å². The van der Waals surface area contributed by atoms with Crippen molar-refractivity contribution in [3.05, 3.63) is 143 Å². The van der Waals surface area contributed by atoms with Crippen LogP contribution in [0.5, 0.6) is 0 Å². The van der Waals surface area contributed by atoms with E-state index in [9.17, 15) is 0 Å². The Labute approximate surface area is 335 Å². The van der Waals surface area contributed by atoms with Crippen molar-refractivity contribution in [2.24, 2.45) is 0 Å². The highest BCUT2D eigenvalue weighted by atomic mass is 15.0. The second kappa shape index (κ2) is 13.0. The summed E-state index contributed by atoms with van der Waals surface area (Å²) in [4.78, 5) is 0. The van der Waals surface area contributed by atoms with E-state index in [4.69, 9.17) is 0 Å². The molecule has 0 N–H and O–H groups in total. The maximum absolute atomic E-state index is 2.56. The van der Waals surface area contributed by atoms with Crippen LogP contribution in [0.15, 0.2) is 115 Å². The first-order valence-corrected chi connectivity index (χ1v) is 20.7. The molecule has 8 aromatic rings. The van der Waals surface area contributed by atoms with Gasteiger partial charge < -0.3 is 9.13 Å². The predicted molar refractivity (Wildman–Crippen MR) is 245 cm³/mol. The van der Waals surface area contributed by atoms with Gasteiger partial charge in [0.05, 0.1) is 27.8 Å². The lowest BCUT2D eigenvalue weighted by Gasteiger charge is -2.26. The molecule has 0 radical (unpaired) electrons. The zero-order valence-corrected chi connectivity index (χ0v) is 36.1. The van der Waals surface area contributed by atoms with Crippen molar-refractivity contribution in [3.63, 3.8) is 0 Å². The van der Waals surface area contributed by atoms with E-state index in [1.165, 1.54) is 93.9 Å². The molecule has 2 heteroatoms. The summed E-state index contributed by atoms with van der Waals surface area (Å²) in [7, 11) is 0. The molecule has 0 fully saturated rings. The van der Waals surface area contributed by atoms with E-state index in [1.54, 1.807) is 0 Å². The Bertz CT molecular complexity index is 2690. The lowest BCUT2D eigenvalue weighted by Crippen LogP contribution is -2.16. The highest BCUT2D eigenvalue weighted by Crippen LogP contribution is 2.45. The van der Waals surface area contributed by atoms with Crippen LogP contribution in [-0.2, 0) is 28.1 Å². The van der Waals surface area contributed by atoms with Gasteiger partial charge in [0.25, 0.3) is 0 Å². The zero-order chi connectivity index (χ0) is 40.1. The van der Waals surface area contributed by atoms with Crippen molar-refractivity contribution in [3.8, 4) is 22.5 Å². The molecule has 0 aliphatic carbocycles. The van der Waals surface area contributed by atoms with Crippen LogP contribution < -0.4 is 0 Å². The van der Waals surface area contributed by atoms with Gasteiger partial charge in [-0.3, -0.25) is 0 Å². The molecule has 6 aromatic carbocycles. The fourth-order valence-electron chi connectivity index (χ4n) is 8.74. The number of aromatic nitrogens is 2. The Morgan fingerprint density at radius 3 is 1.41 bits per heavy atom. The molecule has 0 aliphatic rings. The van der Waals surface area contributed by atoms with Gasteiger partial charge in [-0.1, -0.05) is 151 Å². The molecule has 286 valence electrons. The first-order chi connectivity index (χ1) is 26.3. The standard InChI is InChI=1S/C54H60N2/c1-14-40-44(56-45-25-23-35(51(2,3)4)32-42(45)43-33-36(52(5,6)7)24-26-46(43)56)27-28-48-49(40)50-41(21-18-22-47(50)55(48)39-19-16-15-17-20-39)34-29-37(53(8,9)10)31-38(30-34)54(11,12)13/h15-33H,14H2,1-13H3. The summed E-state index contributed by atoms with van der Waals surface area (Å²) in [6.45, 7) is 30.3. The van der Waals surface area contributed by atoms with E-state index in [0.717, 1.165) is 6.42 Å². The smallest absolute Gasteiger partial charge is 0.0547 e. The molecule has 2 nitrogen and oxygen atoms in total. The molecule has 2 heterocycles. The molecule has 8 rings (SSSR count). The van der Waals surface area contributed by atoms with E-state index < -0.39 is 0 Å². The largest absolute Gasteiger partial charge is 0.309 e. The number of hydrogen-bond acceptors (Lipinski definition) is 0. The maximum atomic E-state index is 2.56. The van der Waals surface area contributed by atoms with Crippen LogP contribution in [0.2, 0.25) is 0 Å². The van der Waals surface area contributed by atoms with Crippen LogP contribution in [0.25, 0.3) is 66.1 Å². The minimum atomic E-state index is 0.0138. The summed E-state index contributed by atoms with van der Waals surface area (Å²) in [5.41, 5.74) is 17.0. The number of benzene rings is 6. The lowest BCUT2D eigenvalue weighted by atomic mass is 9.78. The fraction of sp³-hybridized carbons (Fsp3) is 0.333. The van der Waals surface area contributed by atoms with Gasteiger partial charge in [-0.25, -0.2) is 0 Å². The number of aryl methyl sites for hydroxylation is 1. The first kappa shape index (κ1) is 37.8. The summed E-state index contributed by atoms with van der Waals surface area (Å²) >= 11 is 0. The molecule has 0 atom stereocenters. The highest BCUT2D eigenvalue weighted by molar-refractivity contribution is 6.18. The van der Waals surface area contributed by atoms with Gasteiger partial charge in [0.1, 0.15) is 0 Å². The Morgan fingerprint density at radius 1 is 0.411 bits per heavy atom. The maximum Gasteiger partial charge on any atom is 0.0547 e. The molecule has 0 saturated heterocycles. The fourth-order valence-corrected chi connectivity index (χ4v) is 8.74. The number of hydrogen-bond donors (Lipinski definition) is 0. The number of rotatable bonds is 4. The molecular formula is C54H60N2. The van der Waals surface area contributed by atoms with Gasteiger partial charge in [-0.05, 0) is 122 Å². The van der Waals surface area contributed by atoms with Crippen molar-refractivity contribution in [2.75, 3.05) is 0 Å². The van der Waals surface area contributed by atoms with Crippen LogP contribution in [0.4, 0.5) is 0 Å². The Hall–Kier alpha value is -5.08. The Kier molecular flexibility index (Phi) is 8.77. The molecule has 0 unspecified atom stereocenters. The van der Waals surface area contributed by atoms with E-state index >= 15 is 0 Å². The number of fused-ring (bicyclic) bond motifs is 6. The Morgan fingerprint density at radius 2 is 0.911 bits per heavy atom. The molecule has 0 saturated carbocycles. The van der Waals surface area contributed by atoms with Gasteiger partial charge in [0.2, 0.25) is 0 Å². The second-order valence-electron chi connectivity index (χ2n) is 20.3. The van der Waals surface area contributed by atoms with Crippen molar-refractivity contribution in [1.82, 2.24) is 9.13 Å². The van der Waals surface area contributed by atoms with Gasteiger partial charge in [0.15, 0.2) is 0 Å². The summed E-state index contributed by atoms with van der Waals surface area (Å²) in [6.07, 6.45) is 0.894. The summed E-state index contributed by atoms with van der Waals surface area (Å²) in [6, 6.07) is 44.4. The summed E-state index contributed by atoms with van der Waals surface area (Å²) < 4.78 is 5.06. The van der Waals surface area contributed by atoms with Crippen molar-refractivity contribution in [1.29, 1.82) is 0 Å². The SMILES string of the molecule is CCc1c(-n2c3ccc(C(C)(C)C)cc3c3cc(C(C)(C)C)ccc32)ccc2c1c1c(-c3cc(C(C)(C)C)cc(C(C)(C)C)c3)cccc1n2-c1ccccc1. The first-order valence-electron chi connectivity index (χ1n) is 20.7. The quantitative estimate of drug-likeness (QED) is 0.170. The number of nitrogens with zero attached hydrogens (tertiary/aromatic N) is 2. The van der Waals surface area contributed by atoms with Crippen LogP contribution in [0, 0.1) is 0 Å². The van der Waals surface area contributed by atoms with Crippen LogP contribution in [-0.4, -0.2) is 9.13 Å². The second-order valence-corrected chi connectivity index (χ2v) is 20.3. The van der Waals surface area contributed by atoms with E-state index in [-0.39, 0.29) is 21.7 Å². The van der Waals surface area contributed by atoms with Crippen LogP contribution >= 0.6 is 0 Å². The van der Waals surface area contributed by atoms with E-state index in [0.29, 0.717) is 0 Å². The van der Waals surface area contributed by atoms with Gasteiger partial charge in [-0.2, -0.15) is 0 Å². The van der Waals surface area contributed by atoms with Crippen molar-refractivity contribution in [2.45, 2.75) is 118 Å². The predicted octanol–water partition coefficient (Wildman–Crippen LogP) is 15.3. The van der Waals surface area contributed by atoms with E-state index in [2.05, 4.69) is 214 Å². The number of para-hydroxylation sites is 1. The monoisotopic (exact) mass is 736 g/mol. The topological polar surface area (TPSA) is 9.86 Å². The Balaban J connectivity index is 1.53. The molecule has 0 amide bonds. The highest BCUT2D eigenvalue weighted by Gasteiger charge is 2.26. The third kappa shape index (κ3) is 6.26. The van der Waals surface area contributed by atoms with E-state index in [1.807, 2.05) is 0 Å². The van der Waals surface area contributed by atoms with Gasteiger partial charge >= 0.3 is 0 Å². The molecule has 56 heavy (non-hydrogen) atoms. The van der Waals surface area contributed by atoms with Crippen LogP contribution in [0.1, 0.15) is 118 Å². The zero-order valence-electron chi connectivity index (χ0n) is 36.1. The van der Waals surface area contributed by atoms with Crippen molar-refractivity contribution >= 4 is 43.6 Å². The minimum absolute atomic E-state index is 0.0138. The molecule has 0 aliphatic heterocycles. The molecule has 0 bridgehead atoms. The molecular weight excluding hydrogens is 677 g/mol. The minimum Gasteiger partial charge on any atom is -0.309 e.